The van der Waals surface area contributed by atoms with Gasteiger partial charge in [0.1, 0.15) is 0 Å². The van der Waals surface area contributed by atoms with Crippen molar-refractivity contribution in [2.45, 2.75) is 26.8 Å². The smallest absolute Gasteiger partial charge is 0.190 e. The average molecular weight is 386 g/mol. The summed E-state index contributed by atoms with van der Waals surface area (Å²) in [4.78, 5) is 10.5. The summed E-state index contributed by atoms with van der Waals surface area (Å²) in [6.07, 6.45) is 2.73. The van der Waals surface area contributed by atoms with Crippen LogP contribution in [0.3, 0.4) is 0 Å². The molecule has 0 spiro atoms. The lowest BCUT2D eigenvalue weighted by molar-refractivity contribution is 0.674. The molecule has 4 rings (SSSR count). The first-order valence-corrected chi connectivity index (χ1v) is 10.3. The van der Waals surface area contributed by atoms with Crippen LogP contribution in [0.25, 0.3) is 11.3 Å². The third-order valence-corrected chi connectivity index (χ3v) is 5.63. The molecule has 0 radical (unpaired) electrons. The third-order valence-electron chi connectivity index (χ3n) is 4.77. The van der Waals surface area contributed by atoms with Crippen molar-refractivity contribution in [1.29, 1.82) is 0 Å². The largest absolute Gasteiger partial charge is 0.316 e. The van der Waals surface area contributed by atoms with Crippen molar-refractivity contribution in [2.75, 3.05) is 0 Å². The topological polar surface area (TPSA) is 30.2 Å². The van der Waals surface area contributed by atoms with Crippen LogP contribution in [-0.2, 0) is 13.0 Å². The van der Waals surface area contributed by atoms with E-state index in [1.165, 1.54) is 22.4 Å². The molecule has 28 heavy (non-hydrogen) atoms. The van der Waals surface area contributed by atoms with Gasteiger partial charge in [-0.1, -0.05) is 48.5 Å². The fourth-order valence-corrected chi connectivity index (χ4v) is 4.14. The number of nitrogens with zero attached hydrogens (tertiary/aromatic N) is 3. The Hall–Kier alpha value is -2.98. The molecule has 4 aromatic rings. The van der Waals surface area contributed by atoms with Gasteiger partial charge in [0.2, 0.25) is 0 Å². The van der Waals surface area contributed by atoms with Gasteiger partial charge >= 0.3 is 0 Å². The molecule has 0 bridgehead atoms. The SMILES string of the molecule is Cc1ccc(C)c(N=c2scc(-c3ccccc3)n2CCc2ccccn2)c1. The van der Waals surface area contributed by atoms with Crippen LogP contribution in [0, 0.1) is 13.8 Å². The van der Waals surface area contributed by atoms with Gasteiger partial charge in [-0.2, -0.15) is 0 Å². The molecule has 0 saturated carbocycles. The van der Waals surface area contributed by atoms with Gasteiger partial charge < -0.3 is 4.57 Å². The zero-order chi connectivity index (χ0) is 19.3. The first-order chi connectivity index (χ1) is 13.7. The van der Waals surface area contributed by atoms with Gasteiger partial charge in [-0.15, -0.1) is 11.3 Å². The van der Waals surface area contributed by atoms with E-state index in [1.54, 1.807) is 11.3 Å². The second-order valence-corrected chi connectivity index (χ2v) is 7.73. The summed E-state index contributed by atoms with van der Waals surface area (Å²) in [6, 6.07) is 23.0. The average Bonchev–Trinajstić information content (AvgIpc) is 3.13. The van der Waals surface area contributed by atoms with E-state index in [9.17, 15) is 0 Å². The molecular weight excluding hydrogens is 362 g/mol. The summed E-state index contributed by atoms with van der Waals surface area (Å²) in [5, 5.41) is 2.21. The minimum absolute atomic E-state index is 0.842. The molecule has 2 aromatic heterocycles. The van der Waals surface area contributed by atoms with E-state index < -0.39 is 0 Å². The van der Waals surface area contributed by atoms with Gasteiger partial charge in [0, 0.05) is 30.2 Å². The molecule has 0 saturated heterocycles. The molecule has 2 aromatic carbocycles. The van der Waals surface area contributed by atoms with Crippen LogP contribution >= 0.6 is 11.3 Å². The Morgan fingerprint density at radius 3 is 2.57 bits per heavy atom. The predicted octanol–water partition coefficient (Wildman–Crippen LogP) is 5.70. The summed E-state index contributed by atoms with van der Waals surface area (Å²) in [5.41, 5.74) is 6.96. The molecule has 0 aliphatic heterocycles. The van der Waals surface area contributed by atoms with E-state index >= 15 is 0 Å². The normalized spacial score (nSPS) is 11.7. The lowest BCUT2D eigenvalue weighted by atomic mass is 10.1. The molecular formula is C24H23N3S. The summed E-state index contributed by atoms with van der Waals surface area (Å²) in [5.74, 6) is 0. The molecule has 0 N–H and O–H groups in total. The van der Waals surface area contributed by atoms with E-state index in [0.717, 1.165) is 29.1 Å². The number of benzene rings is 2. The zero-order valence-electron chi connectivity index (χ0n) is 16.2. The van der Waals surface area contributed by atoms with E-state index in [1.807, 2.05) is 18.3 Å². The lowest BCUT2D eigenvalue weighted by Gasteiger charge is -2.09. The minimum atomic E-state index is 0.842. The van der Waals surface area contributed by atoms with Crippen LogP contribution in [0.4, 0.5) is 5.69 Å². The number of hydrogen-bond donors (Lipinski definition) is 0. The molecule has 140 valence electrons. The molecule has 0 amide bonds. The van der Waals surface area contributed by atoms with E-state index in [-0.39, 0.29) is 0 Å². The van der Waals surface area contributed by atoms with E-state index in [0.29, 0.717) is 0 Å². The maximum absolute atomic E-state index is 5.02. The molecule has 0 atom stereocenters. The van der Waals surface area contributed by atoms with Crippen LogP contribution in [0.1, 0.15) is 16.8 Å². The van der Waals surface area contributed by atoms with Gasteiger partial charge in [0.05, 0.1) is 11.4 Å². The predicted molar refractivity (Wildman–Crippen MR) is 117 cm³/mol. The maximum Gasteiger partial charge on any atom is 0.190 e. The first kappa shape index (κ1) is 18.4. The highest BCUT2D eigenvalue weighted by Crippen LogP contribution is 2.23. The van der Waals surface area contributed by atoms with Gasteiger partial charge in [-0.3, -0.25) is 4.98 Å². The Kier molecular flexibility index (Phi) is 5.49. The second-order valence-electron chi connectivity index (χ2n) is 6.89. The second kappa shape index (κ2) is 8.36. The van der Waals surface area contributed by atoms with Crippen molar-refractivity contribution in [3.8, 4) is 11.3 Å². The van der Waals surface area contributed by atoms with Crippen molar-refractivity contribution in [3.05, 3.63) is 99.9 Å². The highest BCUT2D eigenvalue weighted by atomic mass is 32.1. The Morgan fingerprint density at radius 2 is 1.79 bits per heavy atom. The molecule has 4 heteroatoms. The van der Waals surface area contributed by atoms with Crippen LogP contribution in [0.2, 0.25) is 0 Å². The zero-order valence-corrected chi connectivity index (χ0v) is 17.0. The Balaban J connectivity index is 1.79. The fraction of sp³-hybridized carbons (Fsp3) is 0.167. The van der Waals surface area contributed by atoms with Crippen LogP contribution in [0.5, 0.6) is 0 Å². The van der Waals surface area contributed by atoms with Gasteiger partial charge in [-0.25, -0.2) is 4.99 Å². The van der Waals surface area contributed by atoms with Crippen molar-refractivity contribution in [1.82, 2.24) is 9.55 Å². The Bertz CT molecular complexity index is 1130. The number of pyridine rings is 1. The van der Waals surface area contributed by atoms with Crippen molar-refractivity contribution < 1.29 is 0 Å². The Labute approximate surface area is 169 Å². The third kappa shape index (κ3) is 4.12. The molecule has 3 nitrogen and oxygen atoms in total. The molecule has 0 aliphatic carbocycles. The summed E-state index contributed by atoms with van der Waals surface area (Å²) in [7, 11) is 0. The van der Waals surface area contributed by atoms with Crippen molar-refractivity contribution in [3.63, 3.8) is 0 Å². The molecule has 0 fully saturated rings. The fourth-order valence-electron chi connectivity index (χ4n) is 3.19. The first-order valence-electron chi connectivity index (χ1n) is 9.46. The van der Waals surface area contributed by atoms with Gasteiger partial charge in [0.25, 0.3) is 0 Å². The highest BCUT2D eigenvalue weighted by Gasteiger charge is 2.09. The summed E-state index contributed by atoms with van der Waals surface area (Å²) >= 11 is 1.69. The van der Waals surface area contributed by atoms with Crippen LogP contribution in [0.15, 0.2) is 83.3 Å². The monoisotopic (exact) mass is 385 g/mol. The number of aromatic nitrogens is 2. The molecule has 0 aliphatic rings. The number of hydrogen-bond acceptors (Lipinski definition) is 3. The van der Waals surface area contributed by atoms with Crippen molar-refractivity contribution >= 4 is 17.0 Å². The molecule has 2 heterocycles. The lowest BCUT2D eigenvalue weighted by Crippen LogP contribution is -2.17. The molecule has 0 unspecified atom stereocenters. The standard InChI is InChI=1S/C24H23N3S/c1-18-11-12-19(2)22(16-18)26-24-27(15-13-21-10-6-7-14-25-21)23(17-28-24)20-8-4-3-5-9-20/h3-12,14,16-17H,13,15H2,1-2H3. The summed E-state index contributed by atoms with van der Waals surface area (Å²) < 4.78 is 2.32. The minimum Gasteiger partial charge on any atom is -0.316 e. The maximum atomic E-state index is 5.02. The van der Waals surface area contributed by atoms with Crippen LogP contribution in [-0.4, -0.2) is 9.55 Å². The Morgan fingerprint density at radius 1 is 0.964 bits per heavy atom. The van der Waals surface area contributed by atoms with Crippen molar-refractivity contribution in [2.24, 2.45) is 4.99 Å². The van der Waals surface area contributed by atoms with Gasteiger partial charge in [-0.05, 0) is 48.7 Å². The number of rotatable bonds is 5. The number of thiazole rings is 1. The summed E-state index contributed by atoms with van der Waals surface area (Å²) in [6.45, 7) is 5.06. The highest BCUT2D eigenvalue weighted by molar-refractivity contribution is 7.07. The van der Waals surface area contributed by atoms with Crippen LogP contribution < -0.4 is 4.80 Å². The van der Waals surface area contributed by atoms with E-state index in [2.05, 4.69) is 83.4 Å². The van der Waals surface area contributed by atoms with E-state index in [4.69, 9.17) is 4.99 Å². The quantitative estimate of drug-likeness (QED) is 0.433. The van der Waals surface area contributed by atoms with Gasteiger partial charge in [0.15, 0.2) is 4.80 Å². The number of aryl methyl sites for hydroxylation is 3.